The van der Waals surface area contributed by atoms with Crippen molar-refractivity contribution in [2.24, 2.45) is 0 Å². The van der Waals surface area contributed by atoms with Crippen molar-refractivity contribution in [1.82, 2.24) is 4.90 Å². The largest absolute Gasteiger partial charge is 0.469 e. The first-order valence-corrected chi connectivity index (χ1v) is 5.23. The average molecular weight is 224 g/mol. The Hall–Kier alpha value is -1.13. The van der Waals surface area contributed by atoms with E-state index in [0.29, 0.717) is 11.8 Å². The third kappa shape index (κ3) is 5.34. The molecule has 0 fully saturated rings. The highest BCUT2D eigenvalue weighted by atomic mass is 32.1. The smallest absolute Gasteiger partial charge is 0.261 e. The zero-order valence-electron chi connectivity index (χ0n) is 9.06. The highest BCUT2D eigenvalue weighted by Gasteiger charge is 1.98. The summed E-state index contributed by atoms with van der Waals surface area (Å²) in [4.78, 5) is 2.05. The molecule has 15 heavy (non-hydrogen) atoms. The van der Waals surface area contributed by atoms with Gasteiger partial charge in [0.15, 0.2) is 0 Å². The molecule has 1 aromatic carbocycles. The molecule has 0 spiro atoms. The van der Waals surface area contributed by atoms with E-state index in [2.05, 4.69) is 5.32 Å². The van der Waals surface area contributed by atoms with Crippen LogP contribution in [0.3, 0.4) is 0 Å². The molecule has 3 nitrogen and oxygen atoms in total. The summed E-state index contributed by atoms with van der Waals surface area (Å²) in [6.07, 6.45) is 0. The molecule has 0 aliphatic carbocycles. The Kier molecular flexibility index (Phi) is 5.07. The van der Waals surface area contributed by atoms with Crippen molar-refractivity contribution in [1.29, 1.82) is 0 Å². The Balaban J connectivity index is 2.25. The Labute approximate surface area is 96.0 Å². The molecule has 0 aliphatic rings. The number of rotatable bonds is 4. The van der Waals surface area contributed by atoms with Crippen molar-refractivity contribution in [3.8, 4) is 0 Å². The van der Waals surface area contributed by atoms with E-state index in [1.807, 2.05) is 49.3 Å². The molecule has 0 bridgehead atoms. The number of nitrogens with zero attached hydrogens (tertiary/aromatic N) is 1. The highest BCUT2D eigenvalue weighted by molar-refractivity contribution is 7.80. The molecule has 1 rings (SSSR count). The van der Waals surface area contributed by atoms with Gasteiger partial charge in [0.05, 0.1) is 0 Å². The van der Waals surface area contributed by atoms with Crippen molar-refractivity contribution in [3.63, 3.8) is 0 Å². The summed E-state index contributed by atoms with van der Waals surface area (Å²) in [6.45, 7) is 1.46. The number of nitrogens with one attached hydrogen (secondary N) is 1. The summed E-state index contributed by atoms with van der Waals surface area (Å²) >= 11 is 5.04. The Bertz CT molecular complexity index is 301. The lowest BCUT2D eigenvalue weighted by atomic mass is 10.3. The summed E-state index contributed by atoms with van der Waals surface area (Å²) < 4.78 is 5.34. The first-order valence-electron chi connectivity index (χ1n) is 4.82. The van der Waals surface area contributed by atoms with E-state index in [-0.39, 0.29) is 0 Å². The van der Waals surface area contributed by atoms with Gasteiger partial charge in [0, 0.05) is 12.2 Å². The SMILES string of the molecule is CN(C)CCOC(=S)Nc1ccccc1. The second kappa shape index (κ2) is 6.37. The second-order valence-electron chi connectivity index (χ2n) is 3.43. The molecule has 0 unspecified atom stereocenters. The summed E-state index contributed by atoms with van der Waals surface area (Å²) in [6, 6.07) is 9.75. The van der Waals surface area contributed by atoms with Gasteiger partial charge in [-0.15, -0.1) is 0 Å². The molecule has 0 saturated carbocycles. The van der Waals surface area contributed by atoms with Crippen LogP contribution in [0.4, 0.5) is 5.69 Å². The zero-order valence-corrected chi connectivity index (χ0v) is 9.88. The molecule has 1 aromatic rings. The van der Waals surface area contributed by atoms with Crippen LogP contribution in [0.15, 0.2) is 30.3 Å². The molecule has 4 heteroatoms. The molecule has 0 aliphatic heterocycles. The van der Waals surface area contributed by atoms with Gasteiger partial charge in [0.25, 0.3) is 5.17 Å². The molecule has 82 valence electrons. The van der Waals surface area contributed by atoms with Crippen LogP contribution in [-0.4, -0.2) is 37.3 Å². The Morgan fingerprint density at radius 1 is 1.33 bits per heavy atom. The van der Waals surface area contributed by atoms with Crippen molar-refractivity contribution in [3.05, 3.63) is 30.3 Å². The average Bonchev–Trinajstić information content (AvgIpc) is 2.18. The van der Waals surface area contributed by atoms with Crippen molar-refractivity contribution >= 4 is 23.1 Å². The number of thiocarbonyl (C=S) groups is 1. The Morgan fingerprint density at radius 3 is 2.60 bits per heavy atom. The summed E-state index contributed by atoms with van der Waals surface area (Å²) in [7, 11) is 3.99. The van der Waals surface area contributed by atoms with E-state index in [4.69, 9.17) is 17.0 Å². The quantitative estimate of drug-likeness (QED) is 0.790. The molecule has 0 amide bonds. The lowest BCUT2D eigenvalue weighted by molar-refractivity contribution is 0.256. The molecule has 0 aromatic heterocycles. The van der Waals surface area contributed by atoms with E-state index in [1.54, 1.807) is 0 Å². The topological polar surface area (TPSA) is 24.5 Å². The first kappa shape index (κ1) is 11.9. The van der Waals surface area contributed by atoms with Gasteiger partial charge in [0.1, 0.15) is 6.61 Å². The predicted molar refractivity (Wildman–Crippen MR) is 67.2 cm³/mol. The van der Waals surface area contributed by atoms with Gasteiger partial charge in [-0.3, -0.25) is 0 Å². The van der Waals surface area contributed by atoms with Crippen LogP contribution in [0.5, 0.6) is 0 Å². The van der Waals surface area contributed by atoms with Gasteiger partial charge in [0.2, 0.25) is 0 Å². The van der Waals surface area contributed by atoms with Crippen LogP contribution in [-0.2, 0) is 4.74 Å². The minimum absolute atomic E-state index is 0.419. The minimum Gasteiger partial charge on any atom is -0.469 e. The number of likely N-dealkylation sites (N-methyl/N-ethyl adjacent to an activating group) is 1. The third-order valence-electron chi connectivity index (χ3n) is 1.79. The zero-order chi connectivity index (χ0) is 11.1. The first-order chi connectivity index (χ1) is 7.18. The summed E-state index contributed by atoms with van der Waals surface area (Å²) in [5, 5.41) is 3.43. The molecular formula is C11H16N2OS. The summed E-state index contributed by atoms with van der Waals surface area (Å²) in [5.41, 5.74) is 0.951. The van der Waals surface area contributed by atoms with Gasteiger partial charge >= 0.3 is 0 Å². The van der Waals surface area contributed by atoms with Gasteiger partial charge in [-0.2, -0.15) is 0 Å². The van der Waals surface area contributed by atoms with Crippen LogP contribution in [0, 0.1) is 0 Å². The number of hydrogen-bond acceptors (Lipinski definition) is 3. The minimum atomic E-state index is 0.419. The fraction of sp³-hybridized carbons (Fsp3) is 0.364. The standard InChI is InChI=1S/C11H16N2OS/c1-13(2)8-9-14-11(15)12-10-6-4-3-5-7-10/h3-7H,8-9H2,1-2H3,(H,12,15). The molecule has 1 N–H and O–H groups in total. The van der Waals surface area contributed by atoms with Crippen molar-refractivity contribution in [2.45, 2.75) is 0 Å². The highest BCUT2D eigenvalue weighted by Crippen LogP contribution is 2.05. The second-order valence-corrected chi connectivity index (χ2v) is 3.80. The fourth-order valence-electron chi connectivity index (χ4n) is 0.996. The number of para-hydroxylation sites is 1. The molecule has 0 radical (unpaired) electrons. The number of benzene rings is 1. The van der Waals surface area contributed by atoms with Crippen molar-refractivity contribution in [2.75, 3.05) is 32.6 Å². The van der Waals surface area contributed by atoms with Gasteiger partial charge < -0.3 is 15.0 Å². The maximum Gasteiger partial charge on any atom is 0.261 e. The Morgan fingerprint density at radius 2 is 2.00 bits per heavy atom. The van der Waals surface area contributed by atoms with Gasteiger partial charge in [-0.1, -0.05) is 18.2 Å². The van der Waals surface area contributed by atoms with E-state index in [0.717, 1.165) is 12.2 Å². The third-order valence-corrected chi connectivity index (χ3v) is 2.01. The van der Waals surface area contributed by atoms with Crippen LogP contribution < -0.4 is 5.32 Å². The van der Waals surface area contributed by atoms with Gasteiger partial charge in [-0.25, -0.2) is 0 Å². The fourth-order valence-corrected chi connectivity index (χ4v) is 1.20. The van der Waals surface area contributed by atoms with E-state index < -0.39 is 0 Å². The number of ether oxygens (including phenoxy) is 1. The predicted octanol–water partition coefficient (Wildman–Crippen LogP) is 1.96. The van der Waals surface area contributed by atoms with Crippen LogP contribution >= 0.6 is 12.2 Å². The molecule has 0 heterocycles. The molecule has 0 atom stereocenters. The maximum atomic E-state index is 5.34. The normalized spacial score (nSPS) is 10.1. The lowest BCUT2D eigenvalue weighted by Gasteiger charge is -2.12. The van der Waals surface area contributed by atoms with E-state index >= 15 is 0 Å². The number of anilines is 1. The van der Waals surface area contributed by atoms with Crippen LogP contribution in [0.25, 0.3) is 0 Å². The molecular weight excluding hydrogens is 208 g/mol. The van der Waals surface area contributed by atoms with Gasteiger partial charge in [-0.05, 0) is 38.4 Å². The number of hydrogen-bond donors (Lipinski definition) is 1. The lowest BCUT2D eigenvalue weighted by Crippen LogP contribution is -2.22. The monoisotopic (exact) mass is 224 g/mol. The molecule has 0 saturated heterocycles. The van der Waals surface area contributed by atoms with E-state index in [9.17, 15) is 0 Å². The van der Waals surface area contributed by atoms with Crippen LogP contribution in [0.2, 0.25) is 0 Å². The summed E-state index contributed by atoms with van der Waals surface area (Å²) in [5.74, 6) is 0. The van der Waals surface area contributed by atoms with Crippen molar-refractivity contribution < 1.29 is 4.74 Å². The van der Waals surface area contributed by atoms with E-state index in [1.165, 1.54) is 0 Å². The van der Waals surface area contributed by atoms with Crippen LogP contribution in [0.1, 0.15) is 0 Å². The maximum absolute atomic E-state index is 5.34.